The van der Waals surface area contributed by atoms with E-state index in [2.05, 4.69) is 25.5 Å². The van der Waals surface area contributed by atoms with E-state index in [1.807, 2.05) is 13.8 Å². The number of halogens is 1. The molecule has 3 aromatic heterocycles. The summed E-state index contributed by atoms with van der Waals surface area (Å²) in [6, 6.07) is 3.37. The molecule has 3 rings (SSSR count). The number of thioether (sulfide) groups is 1. The van der Waals surface area contributed by atoms with Crippen molar-refractivity contribution in [3.63, 3.8) is 0 Å². The van der Waals surface area contributed by atoms with Gasteiger partial charge in [0.2, 0.25) is 5.91 Å². The Balaban J connectivity index is 1.60. The van der Waals surface area contributed by atoms with Gasteiger partial charge in [-0.15, -0.1) is 21.5 Å². The van der Waals surface area contributed by atoms with Crippen LogP contribution in [0.2, 0.25) is 5.15 Å². The molecule has 0 saturated heterocycles. The number of carbonyl (C=O) groups is 1. The number of nitrogens with one attached hydrogen (secondary N) is 1. The third kappa shape index (κ3) is 3.92. The minimum Gasteiger partial charge on any atom is -0.410 e. The summed E-state index contributed by atoms with van der Waals surface area (Å²) < 4.78 is 5.58. The molecule has 0 unspecified atom stereocenters. The molecular weight excluding hydrogens is 370 g/mol. The fourth-order valence-electron chi connectivity index (χ4n) is 1.88. The number of anilines is 1. The largest absolute Gasteiger partial charge is 0.410 e. The Morgan fingerprint density at radius 1 is 1.42 bits per heavy atom. The van der Waals surface area contributed by atoms with Crippen LogP contribution < -0.4 is 5.32 Å². The number of amides is 1. The molecule has 0 fully saturated rings. The number of aromatic nitrogens is 4. The minimum absolute atomic E-state index is 0.119. The summed E-state index contributed by atoms with van der Waals surface area (Å²) in [5.41, 5.74) is 1.31. The fourth-order valence-corrected chi connectivity index (χ4v) is 3.45. The monoisotopic (exact) mass is 381 g/mol. The number of pyridine rings is 1. The van der Waals surface area contributed by atoms with Crippen LogP contribution in [0, 0.1) is 13.8 Å². The van der Waals surface area contributed by atoms with Crippen LogP contribution in [0.25, 0.3) is 10.8 Å². The molecule has 0 aromatic carbocycles. The molecule has 1 N–H and O–H groups in total. The number of hydrogen-bond acceptors (Lipinski definition) is 8. The highest BCUT2D eigenvalue weighted by Gasteiger charge is 2.16. The first-order valence-electron chi connectivity index (χ1n) is 6.84. The lowest BCUT2D eigenvalue weighted by atomic mass is 10.4. The first-order chi connectivity index (χ1) is 11.5. The maximum Gasteiger partial charge on any atom is 0.277 e. The topological polar surface area (TPSA) is 93.8 Å². The zero-order chi connectivity index (χ0) is 17.1. The Morgan fingerprint density at radius 3 is 2.96 bits per heavy atom. The fraction of sp³-hybridized carbons (Fsp3) is 0.214. The number of thiazole rings is 1. The van der Waals surface area contributed by atoms with E-state index in [0.717, 1.165) is 27.3 Å². The summed E-state index contributed by atoms with van der Waals surface area (Å²) in [6.07, 6.45) is 1.55. The molecule has 1 amide bonds. The summed E-state index contributed by atoms with van der Waals surface area (Å²) in [6.45, 7) is 3.81. The molecule has 3 aromatic rings. The molecule has 0 bridgehead atoms. The van der Waals surface area contributed by atoms with E-state index in [4.69, 9.17) is 16.0 Å². The molecule has 0 radical (unpaired) electrons. The van der Waals surface area contributed by atoms with Crippen molar-refractivity contribution in [3.05, 3.63) is 34.2 Å². The summed E-state index contributed by atoms with van der Waals surface area (Å²) >= 11 is 8.54. The predicted molar refractivity (Wildman–Crippen MR) is 93.5 cm³/mol. The normalized spacial score (nSPS) is 10.8. The lowest BCUT2D eigenvalue weighted by Crippen LogP contribution is -2.14. The second-order valence-electron chi connectivity index (χ2n) is 4.70. The first kappa shape index (κ1) is 16.9. The van der Waals surface area contributed by atoms with Crippen LogP contribution in [0.5, 0.6) is 0 Å². The molecule has 10 heteroatoms. The molecule has 0 aliphatic rings. The van der Waals surface area contributed by atoms with Crippen molar-refractivity contribution >= 4 is 46.3 Å². The number of hydrogen-bond donors (Lipinski definition) is 1. The van der Waals surface area contributed by atoms with Gasteiger partial charge < -0.3 is 9.73 Å². The zero-order valence-corrected chi connectivity index (χ0v) is 15.1. The zero-order valence-electron chi connectivity index (χ0n) is 12.7. The molecule has 0 aliphatic carbocycles. The van der Waals surface area contributed by atoms with Crippen molar-refractivity contribution in [2.45, 2.75) is 19.1 Å². The summed E-state index contributed by atoms with van der Waals surface area (Å²) in [4.78, 5) is 21.0. The van der Waals surface area contributed by atoms with E-state index in [1.54, 1.807) is 18.3 Å². The van der Waals surface area contributed by atoms with E-state index in [0.29, 0.717) is 16.8 Å². The van der Waals surface area contributed by atoms with Gasteiger partial charge in [-0.2, -0.15) is 0 Å². The number of nitrogens with zero attached hydrogens (tertiary/aromatic N) is 4. The standard InChI is InChI=1S/C14H12ClN5O2S2/c1-7-11(24-8(2)17-7)13-19-20-14(22-13)23-6-10(21)18-9-4-3-5-16-12(9)15/h3-5H,6H2,1-2H3,(H,18,21). The Morgan fingerprint density at radius 2 is 2.25 bits per heavy atom. The number of carbonyl (C=O) groups excluding carboxylic acids is 1. The van der Waals surface area contributed by atoms with Gasteiger partial charge in [0.05, 0.1) is 22.1 Å². The van der Waals surface area contributed by atoms with Crippen molar-refractivity contribution < 1.29 is 9.21 Å². The van der Waals surface area contributed by atoms with Crippen LogP contribution in [-0.4, -0.2) is 31.8 Å². The lowest BCUT2D eigenvalue weighted by molar-refractivity contribution is -0.113. The van der Waals surface area contributed by atoms with E-state index in [9.17, 15) is 4.79 Å². The molecule has 0 atom stereocenters. The molecule has 0 aliphatic heterocycles. The average molecular weight is 382 g/mol. The third-order valence-corrected chi connectivity index (χ3v) is 5.04. The Hall–Kier alpha value is -1.97. The Labute approximate surface area is 150 Å². The maximum absolute atomic E-state index is 12.0. The highest BCUT2D eigenvalue weighted by atomic mass is 35.5. The Kier molecular flexibility index (Phi) is 5.12. The number of rotatable bonds is 5. The number of aryl methyl sites for hydroxylation is 2. The van der Waals surface area contributed by atoms with E-state index < -0.39 is 0 Å². The summed E-state index contributed by atoms with van der Waals surface area (Å²) in [5.74, 6) is 0.295. The van der Waals surface area contributed by atoms with Gasteiger partial charge in [0.15, 0.2) is 5.15 Å². The Bertz CT molecular complexity index is 880. The van der Waals surface area contributed by atoms with Crippen molar-refractivity contribution in [3.8, 4) is 10.8 Å². The summed E-state index contributed by atoms with van der Waals surface area (Å²) in [5, 5.41) is 12.1. The third-order valence-electron chi connectivity index (χ3n) is 2.86. The molecule has 0 saturated carbocycles. The van der Waals surface area contributed by atoms with E-state index in [1.165, 1.54) is 11.3 Å². The average Bonchev–Trinajstić information content (AvgIpc) is 3.13. The van der Waals surface area contributed by atoms with Crippen LogP contribution in [0.3, 0.4) is 0 Å². The highest BCUT2D eigenvalue weighted by molar-refractivity contribution is 7.99. The van der Waals surface area contributed by atoms with Gasteiger partial charge in [-0.1, -0.05) is 23.4 Å². The second kappa shape index (κ2) is 7.29. The predicted octanol–water partition coefficient (Wildman–Crippen LogP) is 3.59. The summed E-state index contributed by atoms with van der Waals surface area (Å²) in [7, 11) is 0. The van der Waals surface area contributed by atoms with Gasteiger partial charge in [-0.3, -0.25) is 4.79 Å². The van der Waals surface area contributed by atoms with E-state index in [-0.39, 0.29) is 16.8 Å². The van der Waals surface area contributed by atoms with Crippen LogP contribution in [0.4, 0.5) is 5.69 Å². The van der Waals surface area contributed by atoms with Gasteiger partial charge >= 0.3 is 0 Å². The SMILES string of the molecule is Cc1nc(C)c(-c2nnc(SCC(=O)Nc3cccnc3Cl)o2)s1. The van der Waals surface area contributed by atoms with Crippen molar-refractivity contribution in [2.75, 3.05) is 11.1 Å². The van der Waals surface area contributed by atoms with Gasteiger partial charge in [-0.05, 0) is 26.0 Å². The second-order valence-corrected chi connectivity index (χ2v) is 7.19. The smallest absolute Gasteiger partial charge is 0.277 e. The molecule has 24 heavy (non-hydrogen) atoms. The van der Waals surface area contributed by atoms with Gasteiger partial charge in [0.1, 0.15) is 4.88 Å². The van der Waals surface area contributed by atoms with Gasteiger partial charge in [0.25, 0.3) is 11.1 Å². The van der Waals surface area contributed by atoms with Crippen molar-refractivity contribution in [1.29, 1.82) is 0 Å². The van der Waals surface area contributed by atoms with Crippen LogP contribution in [0.1, 0.15) is 10.7 Å². The highest BCUT2D eigenvalue weighted by Crippen LogP contribution is 2.30. The van der Waals surface area contributed by atoms with Gasteiger partial charge in [-0.25, -0.2) is 9.97 Å². The molecular formula is C14H12ClN5O2S2. The van der Waals surface area contributed by atoms with Crippen LogP contribution >= 0.6 is 34.7 Å². The molecule has 7 nitrogen and oxygen atoms in total. The molecule has 3 heterocycles. The van der Waals surface area contributed by atoms with Crippen molar-refractivity contribution in [2.24, 2.45) is 0 Å². The first-order valence-corrected chi connectivity index (χ1v) is 9.02. The van der Waals surface area contributed by atoms with Crippen LogP contribution in [-0.2, 0) is 4.79 Å². The van der Waals surface area contributed by atoms with E-state index >= 15 is 0 Å². The lowest BCUT2D eigenvalue weighted by Gasteiger charge is -2.04. The van der Waals surface area contributed by atoms with Crippen LogP contribution in [0.15, 0.2) is 28.0 Å². The van der Waals surface area contributed by atoms with Gasteiger partial charge in [0, 0.05) is 6.20 Å². The maximum atomic E-state index is 12.0. The minimum atomic E-state index is -0.237. The quantitative estimate of drug-likeness (QED) is 0.533. The molecule has 0 spiro atoms. The molecule has 124 valence electrons. The van der Waals surface area contributed by atoms with Crippen molar-refractivity contribution in [1.82, 2.24) is 20.2 Å².